The molecule has 1 aliphatic heterocycles. The summed E-state index contributed by atoms with van der Waals surface area (Å²) in [6.07, 6.45) is 5.48. The summed E-state index contributed by atoms with van der Waals surface area (Å²) in [6.45, 7) is 1.94. The van der Waals surface area contributed by atoms with E-state index in [0.717, 1.165) is 24.9 Å². The van der Waals surface area contributed by atoms with Crippen molar-refractivity contribution in [3.05, 3.63) is 23.5 Å². The zero-order chi connectivity index (χ0) is 13.2. The van der Waals surface area contributed by atoms with Gasteiger partial charge in [-0.3, -0.25) is 5.43 Å². The molecule has 2 N–H and O–H groups in total. The molecule has 1 saturated heterocycles. The molecule has 6 heteroatoms. The lowest BCUT2D eigenvalue weighted by molar-refractivity contribution is 0.201. The molecule has 2 aliphatic rings. The fourth-order valence-electron chi connectivity index (χ4n) is 3.08. The first kappa shape index (κ1) is 12.7. The first-order valence-corrected chi connectivity index (χ1v) is 7.02. The molecular weight excluding hydrogens is 264 g/mol. The predicted octanol–water partition coefficient (Wildman–Crippen LogP) is 2.50. The van der Waals surface area contributed by atoms with E-state index in [2.05, 4.69) is 15.7 Å². The van der Waals surface area contributed by atoms with Gasteiger partial charge in [-0.2, -0.15) is 0 Å². The number of carbonyl (C=O) groups is 1. The van der Waals surface area contributed by atoms with Gasteiger partial charge in [0, 0.05) is 13.1 Å². The number of hydrazine groups is 1. The Balaban J connectivity index is 1.50. The van der Waals surface area contributed by atoms with Crippen LogP contribution in [-0.4, -0.2) is 29.1 Å². The van der Waals surface area contributed by atoms with Gasteiger partial charge in [-0.25, -0.2) is 14.8 Å². The van der Waals surface area contributed by atoms with Gasteiger partial charge in [0.05, 0.1) is 11.9 Å². The normalized spacial score (nSPS) is 26.2. The van der Waals surface area contributed by atoms with Crippen LogP contribution < -0.4 is 10.7 Å². The van der Waals surface area contributed by atoms with Crippen LogP contribution in [0, 0.1) is 11.8 Å². The molecule has 5 nitrogen and oxygen atoms in total. The summed E-state index contributed by atoms with van der Waals surface area (Å²) in [4.78, 5) is 15.8. The number of pyridine rings is 1. The van der Waals surface area contributed by atoms with Crippen LogP contribution in [0.1, 0.15) is 19.3 Å². The van der Waals surface area contributed by atoms with E-state index in [1.165, 1.54) is 19.3 Å². The second-order valence-electron chi connectivity index (χ2n) is 5.29. The van der Waals surface area contributed by atoms with Crippen LogP contribution >= 0.6 is 11.6 Å². The molecule has 2 amide bonds. The second-order valence-corrected chi connectivity index (χ2v) is 5.68. The summed E-state index contributed by atoms with van der Waals surface area (Å²) in [5, 5.41) is 5.18. The van der Waals surface area contributed by atoms with Gasteiger partial charge in [0.1, 0.15) is 5.15 Å². The van der Waals surface area contributed by atoms with E-state index in [0.29, 0.717) is 10.8 Å². The van der Waals surface area contributed by atoms with Crippen molar-refractivity contribution in [3.63, 3.8) is 0 Å². The number of hydrogen-bond donors (Lipinski definition) is 2. The van der Waals surface area contributed by atoms with E-state index in [9.17, 15) is 4.79 Å². The monoisotopic (exact) mass is 280 g/mol. The number of aromatic nitrogens is 1. The lowest BCUT2D eigenvalue weighted by Gasteiger charge is -2.18. The van der Waals surface area contributed by atoms with Crippen LogP contribution in [0.2, 0.25) is 5.15 Å². The zero-order valence-corrected chi connectivity index (χ0v) is 11.4. The Bertz CT molecular complexity index is 452. The van der Waals surface area contributed by atoms with Gasteiger partial charge in [-0.05, 0) is 36.8 Å². The summed E-state index contributed by atoms with van der Waals surface area (Å²) >= 11 is 5.69. The first-order chi connectivity index (χ1) is 9.20. The molecule has 2 fully saturated rings. The molecule has 2 atom stereocenters. The number of anilines is 1. The Morgan fingerprint density at radius 1 is 1.32 bits per heavy atom. The Kier molecular flexibility index (Phi) is 3.57. The summed E-state index contributed by atoms with van der Waals surface area (Å²) in [5.74, 6) is 1.52. The summed E-state index contributed by atoms with van der Waals surface area (Å²) in [7, 11) is 0. The minimum absolute atomic E-state index is 0.218. The molecule has 1 saturated carbocycles. The van der Waals surface area contributed by atoms with E-state index < -0.39 is 0 Å². The third-order valence-corrected chi connectivity index (χ3v) is 4.19. The molecular formula is C13H17ClN4O. The molecule has 0 bridgehead atoms. The van der Waals surface area contributed by atoms with E-state index in [1.807, 2.05) is 5.01 Å². The van der Waals surface area contributed by atoms with Crippen molar-refractivity contribution in [2.24, 2.45) is 11.8 Å². The van der Waals surface area contributed by atoms with Crippen LogP contribution in [0.4, 0.5) is 10.5 Å². The van der Waals surface area contributed by atoms with Crippen LogP contribution in [0.25, 0.3) is 0 Å². The van der Waals surface area contributed by atoms with Crippen molar-refractivity contribution in [1.82, 2.24) is 15.4 Å². The van der Waals surface area contributed by atoms with Crippen LogP contribution in [0.5, 0.6) is 0 Å². The van der Waals surface area contributed by atoms with Crippen molar-refractivity contribution >= 4 is 23.3 Å². The van der Waals surface area contributed by atoms with Crippen LogP contribution in [0.3, 0.4) is 0 Å². The minimum Gasteiger partial charge on any atom is -0.305 e. The van der Waals surface area contributed by atoms with Crippen molar-refractivity contribution in [1.29, 1.82) is 0 Å². The van der Waals surface area contributed by atoms with E-state index >= 15 is 0 Å². The molecule has 0 spiro atoms. The number of fused-ring (bicyclic) bond motifs is 1. The number of urea groups is 1. The average molecular weight is 281 g/mol. The minimum atomic E-state index is -0.218. The summed E-state index contributed by atoms with van der Waals surface area (Å²) in [6, 6.07) is 3.16. The summed E-state index contributed by atoms with van der Waals surface area (Å²) in [5.41, 5.74) is 3.53. The van der Waals surface area contributed by atoms with Gasteiger partial charge in [0.25, 0.3) is 0 Å². The number of amides is 2. The van der Waals surface area contributed by atoms with Gasteiger partial charge in [-0.1, -0.05) is 18.0 Å². The number of hydrogen-bond acceptors (Lipinski definition) is 3. The van der Waals surface area contributed by atoms with Crippen LogP contribution in [-0.2, 0) is 0 Å². The van der Waals surface area contributed by atoms with Gasteiger partial charge < -0.3 is 5.32 Å². The Labute approximate surface area is 117 Å². The molecule has 3 rings (SSSR count). The smallest absolute Gasteiger partial charge is 0.305 e. The van der Waals surface area contributed by atoms with Crippen LogP contribution in [0.15, 0.2) is 18.3 Å². The highest BCUT2D eigenvalue weighted by atomic mass is 35.5. The standard InChI is InChI=1S/C13H17ClN4O/c14-12-5-4-11(6-15-12)16-13(19)17-18-7-9-2-1-3-10(9)8-18/h4-6,9-10H,1-3,7-8H2,(H2,16,17,19). The SMILES string of the molecule is O=C(Nc1ccc(Cl)nc1)NN1CC2CCCC2C1. The first-order valence-electron chi connectivity index (χ1n) is 6.65. The molecule has 0 radical (unpaired) electrons. The molecule has 102 valence electrons. The molecule has 19 heavy (non-hydrogen) atoms. The molecule has 1 aliphatic carbocycles. The number of carbonyl (C=O) groups excluding carboxylic acids is 1. The van der Waals surface area contributed by atoms with E-state index in [1.54, 1.807) is 18.3 Å². The number of nitrogens with zero attached hydrogens (tertiary/aromatic N) is 2. The largest absolute Gasteiger partial charge is 0.333 e. The lowest BCUT2D eigenvalue weighted by atomic mass is 10.0. The van der Waals surface area contributed by atoms with Gasteiger partial charge in [0.2, 0.25) is 0 Å². The maximum absolute atomic E-state index is 11.8. The maximum Gasteiger partial charge on any atom is 0.333 e. The highest BCUT2D eigenvalue weighted by Crippen LogP contribution is 2.36. The van der Waals surface area contributed by atoms with Crippen molar-refractivity contribution in [3.8, 4) is 0 Å². The Hall–Kier alpha value is -1.33. The molecule has 2 unspecified atom stereocenters. The predicted molar refractivity (Wildman–Crippen MR) is 73.8 cm³/mol. The van der Waals surface area contributed by atoms with Gasteiger partial charge in [0.15, 0.2) is 0 Å². The molecule has 1 aromatic heterocycles. The van der Waals surface area contributed by atoms with Crippen molar-refractivity contribution in [2.45, 2.75) is 19.3 Å². The van der Waals surface area contributed by atoms with Gasteiger partial charge in [-0.15, -0.1) is 0 Å². The zero-order valence-electron chi connectivity index (χ0n) is 10.6. The number of nitrogens with one attached hydrogen (secondary N) is 2. The molecule has 0 aromatic carbocycles. The van der Waals surface area contributed by atoms with E-state index in [4.69, 9.17) is 11.6 Å². The fourth-order valence-corrected chi connectivity index (χ4v) is 3.19. The number of halogens is 1. The Morgan fingerprint density at radius 3 is 2.68 bits per heavy atom. The number of rotatable bonds is 2. The lowest BCUT2D eigenvalue weighted by Crippen LogP contribution is -2.43. The highest BCUT2D eigenvalue weighted by Gasteiger charge is 2.36. The van der Waals surface area contributed by atoms with Crippen molar-refractivity contribution in [2.75, 3.05) is 18.4 Å². The molecule has 2 heterocycles. The third-order valence-electron chi connectivity index (χ3n) is 3.97. The topological polar surface area (TPSA) is 57.3 Å². The summed E-state index contributed by atoms with van der Waals surface area (Å²) < 4.78 is 0. The van der Waals surface area contributed by atoms with Gasteiger partial charge >= 0.3 is 6.03 Å². The maximum atomic E-state index is 11.8. The molecule has 1 aromatic rings. The second kappa shape index (κ2) is 5.35. The quantitative estimate of drug-likeness (QED) is 0.819. The fraction of sp³-hybridized carbons (Fsp3) is 0.538. The highest BCUT2D eigenvalue weighted by molar-refractivity contribution is 6.29. The Morgan fingerprint density at radius 2 is 2.05 bits per heavy atom. The van der Waals surface area contributed by atoms with Crippen molar-refractivity contribution < 1.29 is 4.79 Å². The average Bonchev–Trinajstić information content (AvgIpc) is 2.92. The van der Waals surface area contributed by atoms with E-state index in [-0.39, 0.29) is 6.03 Å². The third kappa shape index (κ3) is 2.98.